The Kier molecular flexibility index (Phi) is 6.87. The molecule has 0 bridgehead atoms. The summed E-state index contributed by atoms with van der Waals surface area (Å²) in [6.45, 7) is 3.96. The van der Waals surface area contributed by atoms with Gasteiger partial charge in [0.05, 0.1) is 12.7 Å². The number of carbonyl (C=O) groups is 1. The molecule has 0 radical (unpaired) electrons. The lowest BCUT2D eigenvalue weighted by molar-refractivity contribution is -0.0242. The van der Waals surface area contributed by atoms with Crippen LogP contribution in [0.15, 0.2) is 71.3 Å². The molecule has 1 amide bonds. The number of hydrogen-bond acceptors (Lipinski definition) is 8. The predicted molar refractivity (Wildman–Crippen MR) is 132 cm³/mol. The summed E-state index contributed by atoms with van der Waals surface area (Å²) in [6, 6.07) is 19.6. The molecular formula is C26H27N5O4. The Labute approximate surface area is 203 Å². The number of anilines is 1. The summed E-state index contributed by atoms with van der Waals surface area (Å²) in [7, 11) is 1.56. The van der Waals surface area contributed by atoms with Crippen LogP contribution in [-0.2, 0) is 11.3 Å². The van der Waals surface area contributed by atoms with Crippen LogP contribution < -0.4 is 15.4 Å². The number of hydrogen-bond donors (Lipinski definition) is 2. The van der Waals surface area contributed by atoms with Crippen molar-refractivity contribution in [3.63, 3.8) is 0 Å². The minimum atomic E-state index is -0.276. The van der Waals surface area contributed by atoms with E-state index in [1.807, 2.05) is 12.1 Å². The molecule has 9 heteroatoms. The maximum absolute atomic E-state index is 11.8. The van der Waals surface area contributed by atoms with Crippen molar-refractivity contribution in [1.82, 2.24) is 20.2 Å². The van der Waals surface area contributed by atoms with Gasteiger partial charge in [0.2, 0.25) is 0 Å². The van der Waals surface area contributed by atoms with E-state index in [9.17, 15) is 4.79 Å². The van der Waals surface area contributed by atoms with Gasteiger partial charge in [-0.25, -0.2) is 0 Å². The number of rotatable bonds is 8. The van der Waals surface area contributed by atoms with Crippen LogP contribution in [0.2, 0.25) is 0 Å². The van der Waals surface area contributed by atoms with Gasteiger partial charge >= 0.3 is 0 Å². The van der Waals surface area contributed by atoms with Crippen molar-refractivity contribution in [1.29, 1.82) is 0 Å². The quantitative estimate of drug-likeness (QED) is 0.400. The molecule has 0 spiro atoms. The number of benzene rings is 2. The summed E-state index contributed by atoms with van der Waals surface area (Å²) in [5.74, 6) is 0.800. The first-order valence-electron chi connectivity index (χ1n) is 11.5. The fraction of sp³-hybridized carbons (Fsp3) is 0.269. The monoisotopic (exact) mass is 473 g/mol. The van der Waals surface area contributed by atoms with Crippen LogP contribution in [0.3, 0.4) is 0 Å². The van der Waals surface area contributed by atoms with Crippen LogP contribution in [0.4, 0.5) is 6.01 Å². The normalized spacial score (nSPS) is 16.2. The summed E-state index contributed by atoms with van der Waals surface area (Å²) in [5.41, 5.74) is 2.90. The summed E-state index contributed by atoms with van der Waals surface area (Å²) >= 11 is 0. The summed E-state index contributed by atoms with van der Waals surface area (Å²) < 4.78 is 17.7. The van der Waals surface area contributed by atoms with E-state index in [0.717, 1.165) is 25.2 Å². The molecule has 1 aliphatic rings. The molecule has 1 fully saturated rings. The van der Waals surface area contributed by atoms with Crippen molar-refractivity contribution >= 4 is 23.0 Å². The van der Waals surface area contributed by atoms with Crippen LogP contribution in [0.25, 0.3) is 11.1 Å². The number of oxazole rings is 1. The highest BCUT2D eigenvalue weighted by molar-refractivity contribution is 5.92. The van der Waals surface area contributed by atoms with Gasteiger partial charge in [-0.1, -0.05) is 30.3 Å². The molecule has 1 atom stereocenters. The van der Waals surface area contributed by atoms with Gasteiger partial charge in [-0.05, 0) is 23.8 Å². The van der Waals surface area contributed by atoms with Gasteiger partial charge in [0.1, 0.15) is 22.7 Å². The average molecular weight is 474 g/mol. The second-order valence-corrected chi connectivity index (χ2v) is 8.30. The fourth-order valence-electron chi connectivity index (χ4n) is 4.00. The number of morpholine rings is 1. The smallest absolute Gasteiger partial charge is 0.295 e. The first kappa shape index (κ1) is 22.8. The Morgan fingerprint density at radius 2 is 2.00 bits per heavy atom. The third kappa shape index (κ3) is 5.76. The van der Waals surface area contributed by atoms with E-state index in [1.54, 1.807) is 31.3 Å². The Bertz CT molecular complexity index is 1290. The van der Waals surface area contributed by atoms with E-state index in [2.05, 4.69) is 49.8 Å². The molecular weight excluding hydrogens is 446 g/mol. The van der Waals surface area contributed by atoms with Crippen molar-refractivity contribution in [2.24, 2.45) is 0 Å². The number of aromatic nitrogens is 2. The van der Waals surface area contributed by atoms with Gasteiger partial charge in [0, 0.05) is 51.6 Å². The van der Waals surface area contributed by atoms with Crippen LogP contribution in [-0.4, -0.2) is 60.2 Å². The third-order valence-electron chi connectivity index (χ3n) is 5.74. The Balaban J connectivity index is 1.19. The van der Waals surface area contributed by atoms with E-state index >= 15 is 0 Å². The summed E-state index contributed by atoms with van der Waals surface area (Å²) in [4.78, 5) is 22.8. The minimum absolute atomic E-state index is 0.0441. The maximum atomic E-state index is 11.8. The molecule has 35 heavy (non-hydrogen) atoms. The Hall–Kier alpha value is -3.95. The number of amides is 1. The van der Waals surface area contributed by atoms with Crippen molar-refractivity contribution < 1.29 is 18.7 Å². The molecule has 2 aromatic heterocycles. The van der Waals surface area contributed by atoms with Gasteiger partial charge in [-0.3, -0.25) is 14.7 Å². The first-order chi connectivity index (χ1) is 17.2. The van der Waals surface area contributed by atoms with E-state index in [0.29, 0.717) is 36.2 Å². The maximum Gasteiger partial charge on any atom is 0.295 e. The predicted octanol–water partition coefficient (Wildman–Crippen LogP) is 3.69. The second-order valence-electron chi connectivity index (χ2n) is 8.30. The molecule has 9 nitrogen and oxygen atoms in total. The van der Waals surface area contributed by atoms with Crippen LogP contribution in [0.1, 0.15) is 16.1 Å². The zero-order valence-corrected chi connectivity index (χ0v) is 19.4. The number of nitrogens with one attached hydrogen (secondary N) is 2. The van der Waals surface area contributed by atoms with E-state index < -0.39 is 0 Å². The van der Waals surface area contributed by atoms with Crippen LogP contribution in [0.5, 0.6) is 11.5 Å². The van der Waals surface area contributed by atoms with E-state index in [-0.39, 0.29) is 17.7 Å². The second kappa shape index (κ2) is 10.5. The summed E-state index contributed by atoms with van der Waals surface area (Å²) in [5, 5.41) is 5.81. The molecule has 0 aliphatic carbocycles. The first-order valence-corrected chi connectivity index (χ1v) is 11.5. The van der Waals surface area contributed by atoms with Gasteiger partial charge in [0.15, 0.2) is 5.58 Å². The topological polar surface area (TPSA) is 102 Å². The molecule has 4 aromatic rings. The molecule has 1 unspecified atom stereocenters. The van der Waals surface area contributed by atoms with Gasteiger partial charge in [0.25, 0.3) is 11.9 Å². The lowest BCUT2D eigenvalue weighted by Gasteiger charge is -2.32. The average Bonchev–Trinajstić information content (AvgIpc) is 3.30. The lowest BCUT2D eigenvalue weighted by atomic mass is 10.2. The molecule has 1 saturated heterocycles. The third-order valence-corrected chi connectivity index (χ3v) is 5.74. The Morgan fingerprint density at radius 1 is 1.14 bits per heavy atom. The molecule has 2 aromatic carbocycles. The zero-order chi connectivity index (χ0) is 24.0. The number of ether oxygens (including phenoxy) is 2. The molecule has 0 saturated carbocycles. The molecule has 180 valence electrons. The molecule has 1 aliphatic heterocycles. The zero-order valence-electron chi connectivity index (χ0n) is 19.4. The van der Waals surface area contributed by atoms with E-state index in [4.69, 9.17) is 13.9 Å². The van der Waals surface area contributed by atoms with E-state index in [1.165, 1.54) is 11.8 Å². The highest BCUT2D eigenvalue weighted by Gasteiger charge is 2.21. The van der Waals surface area contributed by atoms with Gasteiger partial charge in [-0.2, -0.15) is 4.98 Å². The van der Waals surface area contributed by atoms with Crippen molar-refractivity contribution in [3.8, 4) is 11.5 Å². The number of nitrogens with zero attached hydrogens (tertiary/aromatic N) is 3. The van der Waals surface area contributed by atoms with Crippen molar-refractivity contribution in [2.75, 3.05) is 38.6 Å². The minimum Gasteiger partial charge on any atom is -0.457 e. The SMILES string of the molecule is CNC(=O)c1cc(Oc2ccc3nc(NCC4CN(Cc5ccccc5)CCO4)oc3c2)ccn1. The van der Waals surface area contributed by atoms with Gasteiger partial charge in [-0.15, -0.1) is 0 Å². The molecule has 5 rings (SSSR count). The number of carbonyl (C=O) groups excluding carboxylic acids is 1. The largest absolute Gasteiger partial charge is 0.457 e. The van der Waals surface area contributed by atoms with Crippen molar-refractivity contribution in [2.45, 2.75) is 12.6 Å². The van der Waals surface area contributed by atoms with Crippen LogP contribution >= 0.6 is 0 Å². The standard InChI is InChI=1S/C26H27N5O4/c1-27-25(32)23-13-20(9-10-28-23)34-19-7-8-22-24(14-19)35-26(30-22)29-15-21-17-31(11-12-33-21)16-18-5-3-2-4-6-18/h2-10,13-14,21H,11-12,15-17H2,1H3,(H,27,32)(H,29,30). The lowest BCUT2D eigenvalue weighted by Crippen LogP contribution is -2.44. The molecule has 3 heterocycles. The molecule has 2 N–H and O–H groups in total. The Morgan fingerprint density at radius 3 is 2.86 bits per heavy atom. The summed E-state index contributed by atoms with van der Waals surface area (Å²) in [6.07, 6.45) is 1.58. The van der Waals surface area contributed by atoms with Crippen molar-refractivity contribution in [3.05, 3.63) is 78.1 Å². The highest BCUT2D eigenvalue weighted by Crippen LogP contribution is 2.27. The fourth-order valence-corrected chi connectivity index (χ4v) is 4.00. The number of pyridine rings is 1. The highest BCUT2D eigenvalue weighted by atomic mass is 16.5. The number of fused-ring (bicyclic) bond motifs is 1. The van der Waals surface area contributed by atoms with Crippen LogP contribution in [0, 0.1) is 0 Å². The van der Waals surface area contributed by atoms with Gasteiger partial charge < -0.3 is 24.5 Å².